The van der Waals surface area contributed by atoms with Crippen LogP contribution in [-0.4, -0.2) is 48.1 Å². The fourth-order valence-corrected chi connectivity index (χ4v) is 3.43. The number of aromatic nitrogens is 3. The predicted octanol–water partition coefficient (Wildman–Crippen LogP) is 5.24. The first-order chi connectivity index (χ1) is 17.8. The minimum absolute atomic E-state index is 0.0304. The Labute approximate surface area is 210 Å². The molecular weight excluding hydrogens is 489 g/mol. The van der Waals surface area contributed by atoms with Gasteiger partial charge in [0.15, 0.2) is 5.82 Å². The minimum Gasteiger partial charge on any atom is -0.497 e. The molecule has 0 aliphatic rings. The second kappa shape index (κ2) is 11.1. The van der Waals surface area contributed by atoms with Crippen molar-refractivity contribution in [1.29, 1.82) is 0 Å². The fourth-order valence-electron chi connectivity index (χ4n) is 3.43. The summed E-state index contributed by atoms with van der Waals surface area (Å²) in [5, 5.41) is 7.14. The number of carbonyl (C=O) groups is 1. The molecule has 4 rings (SSSR count). The monoisotopic (exact) mass is 512 g/mol. The van der Waals surface area contributed by atoms with E-state index >= 15 is 0 Å². The van der Waals surface area contributed by atoms with Gasteiger partial charge in [0.05, 0.1) is 25.0 Å². The molecule has 0 radical (unpaired) electrons. The number of hydrogen-bond acceptors (Lipinski definition) is 6. The lowest BCUT2D eigenvalue weighted by molar-refractivity contribution is -0.137. The Kier molecular flexibility index (Phi) is 7.73. The minimum atomic E-state index is -4.52. The molecule has 1 N–H and O–H groups in total. The van der Waals surface area contributed by atoms with E-state index in [2.05, 4.69) is 15.4 Å². The number of hydrogen-bond donors (Lipinski definition) is 1. The molecule has 192 valence electrons. The van der Waals surface area contributed by atoms with E-state index in [0.29, 0.717) is 22.7 Å². The Hall–Kier alpha value is -4.38. The highest BCUT2D eigenvalue weighted by Gasteiger charge is 2.31. The molecule has 0 saturated carbocycles. The van der Waals surface area contributed by atoms with Crippen molar-refractivity contribution < 1.29 is 32.2 Å². The van der Waals surface area contributed by atoms with Gasteiger partial charge in [-0.15, -0.1) is 5.10 Å². The number of nitrogens with zero attached hydrogens (tertiary/aromatic N) is 3. The summed E-state index contributed by atoms with van der Waals surface area (Å²) in [5.74, 6) is 0.410. The molecule has 1 heterocycles. The number of benzene rings is 3. The molecule has 1 amide bonds. The van der Waals surface area contributed by atoms with E-state index < -0.39 is 11.7 Å². The maximum absolute atomic E-state index is 13.3. The van der Waals surface area contributed by atoms with Crippen LogP contribution in [0.5, 0.6) is 11.8 Å². The summed E-state index contributed by atoms with van der Waals surface area (Å²) < 4.78 is 57.0. The van der Waals surface area contributed by atoms with Crippen molar-refractivity contribution in [3.8, 4) is 28.8 Å². The third-order valence-corrected chi connectivity index (χ3v) is 5.26. The van der Waals surface area contributed by atoms with E-state index in [-0.39, 0.29) is 36.5 Å². The lowest BCUT2D eigenvalue weighted by atomic mass is 10.1. The Bertz CT molecular complexity index is 1370. The van der Waals surface area contributed by atoms with Crippen LogP contribution in [0, 0.1) is 0 Å². The first kappa shape index (κ1) is 25.7. The van der Waals surface area contributed by atoms with Gasteiger partial charge < -0.3 is 19.5 Å². The number of amides is 1. The molecule has 11 heteroatoms. The van der Waals surface area contributed by atoms with Gasteiger partial charge in [0.1, 0.15) is 12.4 Å². The van der Waals surface area contributed by atoms with Crippen molar-refractivity contribution in [2.24, 2.45) is 0 Å². The fraction of sp³-hybridized carbons (Fsp3) is 0.192. The number of carbonyl (C=O) groups excluding carboxylic acids is 1. The molecule has 37 heavy (non-hydrogen) atoms. The molecule has 0 aliphatic heterocycles. The van der Waals surface area contributed by atoms with Crippen molar-refractivity contribution >= 4 is 11.6 Å². The van der Waals surface area contributed by atoms with Crippen LogP contribution in [0.4, 0.5) is 18.9 Å². The third kappa shape index (κ3) is 6.25. The van der Waals surface area contributed by atoms with Crippen molar-refractivity contribution in [3.63, 3.8) is 0 Å². The standard InChI is InChI=1S/C26H23F3N4O4/c1-35-13-14-37-25-31-23(18-5-3-6-19(15-18)26(27,28)29)33(32-25)21-8-4-7-20(16-21)30-24(34)17-9-11-22(36-2)12-10-17/h3-12,15-16H,13-14H2,1-2H3,(H,30,34). The zero-order valence-corrected chi connectivity index (χ0v) is 20.0. The molecule has 0 fully saturated rings. The molecule has 0 aliphatic carbocycles. The molecule has 0 atom stereocenters. The summed E-state index contributed by atoms with van der Waals surface area (Å²) in [6.07, 6.45) is -4.52. The number of rotatable bonds is 9. The molecule has 1 aromatic heterocycles. The van der Waals surface area contributed by atoms with Gasteiger partial charge in [0.25, 0.3) is 5.91 Å². The Balaban J connectivity index is 1.68. The van der Waals surface area contributed by atoms with Crippen molar-refractivity contribution in [3.05, 3.63) is 83.9 Å². The maximum Gasteiger partial charge on any atom is 0.416 e. The normalized spacial score (nSPS) is 11.3. The second-order valence-corrected chi connectivity index (χ2v) is 7.78. The first-order valence-corrected chi connectivity index (χ1v) is 11.1. The molecule has 0 bridgehead atoms. The summed E-state index contributed by atoms with van der Waals surface area (Å²) in [7, 11) is 3.04. The highest BCUT2D eigenvalue weighted by atomic mass is 19.4. The number of ether oxygens (including phenoxy) is 3. The smallest absolute Gasteiger partial charge is 0.416 e. The molecule has 0 saturated heterocycles. The molecule has 4 aromatic rings. The SMILES string of the molecule is COCCOc1nc(-c2cccc(C(F)(F)F)c2)n(-c2cccc(NC(=O)c3ccc(OC)cc3)c2)n1. The van der Waals surface area contributed by atoms with Gasteiger partial charge in [0.2, 0.25) is 0 Å². The van der Waals surface area contributed by atoms with Gasteiger partial charge in [-0.1, -0.05) is 18.2 Å². The van der Waals surface area contributed by atoms with Gasteiger partial charge in [0, 0.05) is 23.9 Å². The van der Waals surface area contributed by atoms with E-state index in [4.69, 9.17) is 14.2 Å². The highest BCUT2D eigenvalue weighted by Crippen LogP contribution is 2.33. The zero-order valence-electron chi connectivity index (χ0n) is 20.0. The number of methoxy groups -OCH3 is 2. The average molecular weight is 512 g/mol. The van der Waals surface area contributed by atoms with Gasteiger partial charge >= 0.3 is 12.2 Å². The molecule has 0 unspecified atom stereocenters. The van der Waals surface area contributed by atoms with Gasteiger partial charge in [-0.25, -0.2) is 4.68 Å². The average Bonchev–Trinajstić information content (AvgIpc) is 3.33. The van der Waals surface area contributed by atoms with Crippen LogP contribution in [0.25, 0.3) is 17.1 Å². The summed E-state index contributed by atoms with van der Waals surface area (Å²) in [6.45, 7) is 0.431. The number of nitrogens with one attached hydrogen (secondary N) is 1. The number of halogens is 3. The van der Waals surface area contributed by atoms with Crippen LogP contribution in [0.3, 0.4) is 0 Å². The van der Waals surface area contributed by atoms with E-state index in [0.717, 1.165) is 12.1 Å². The highest BCUT2D eigenvalue weighted by molar-refractivity contribution is 6.04. The Morgan fingerprint density at radius 3 is 2.43 bits per heavy atom. The van der Waals surface area contributed by atoms with Crippen LogP contribution in [0.2, 0.25) is 0 Å². The van der Waals surface area contributed by atoms with Crippen molar-refractivity contribution in [1.82, 2.24) is 14.8 Å². The Morgan fingerprint density at radius 2 is 1.73 bits per heavy atom. The summed E-state index contributed by atoms with van der Waals surface area (Å²) >= 11 is 0. The third-order valence-electron chi connectivity index (χ3n) is 5.26. The predicted molar refractivity (Wildman–Crippen MR) is 130 cm³/mol. The van der Waals surface area contributed by atoms with Crippen molar-refractivity contribution in [2.45, 2.75) is 6.18 Å². The lowest BCUT2D eigenvalue weighted by Crippen LogP contribution is -2.12. The second-order valence-electron chi connectivity index (χ2n) is 7.78. The Morgan fingerprint density at radius 1 is 0.973 bits per heavy atom. The molecule has 8 nitrogen and oxygen atoms in total. The van der Waals surface area contributed by atoms with Crippen LogP contribution in [-0.2, 0) is 10.9 Å². The first-order valence-electron chi connectivity index (χ1n) is 11.1. The van der Waals surface area contributed by atoms with Crippen LogP contribution < -0.4 is 14.8 Å². The van der Waals surface area contributed by atoms with Gasteiger partial charge in [-0.05, 0) is 54.6 Å². The summed E-state index contributed by atoms with van der Waals surface area (Å²) in [5.41, 5.74) is 0.698. The zero-order chi connectivity index (χ0) is 26.4. The van der Waals surface area contributed by atoms with Crippen LogP contribution in [0.1, 0.15) is 15.9 Å². The quantitative estimate of drug-likeness (QED) is 0.309. The topological polar surface area (TPSA) is 87.5 Å². The van der Waals surface area contributed by atoms with Crippen LogP contribution >= 0.6 is 0 Å². The van der Waals surface area contributed by atoms with Gasteiger partial charge in [-0.3, -0.25) is 4.79 Å². The van der Waals surface area contributed by atoms with Crippen LogP contribution in [0.15, 0.2) is 72.8 Å². The maximum atomic E-state index is 13.3. The van der Waals surface area contributed by atoms with E-state index in [1.165, 1.54) is 31.0 Å². The largest absolute Gasteiger partial charge is 0.497 e. The molecule has 0 spiro atoms. The lowest BCUT2D eigenvalue weighted by Gasteiger charge is -2.11. The number of anilines is 1. The van der Waals surface area contributed by atoms with E-state index in [1.807, 2.05) is 0 Å². The summed E-state index contributed by atoms with van der Waals surface area (Å²) in [6, 6.07) is 18.0. The van der Waals surface area contributed by atoms with E-state index in [1.54, 1.807) is 48.5 Å². The number of alkyl halides is 3. The van der Waals surface area contributed by atoms with Gasteiger partial charge in [-0.2, -0.15) is 18.2 Å². The molecule has 3 aromatic carbocycles. The molecular formula is C26H23F3N4O4. The summed E-state index contributed by atoms with van der Waals surface area (Å²) in [4.78, 5) is 17.0. The van der Waals surface area contributed by atoms with E-state index in [9.17, 15) is 18.0 Å². The van der Waals surface area contributed by atoms with Crippen molar-refractivity contribution in [2.75, 3.05) is 32.8 Å².